The molecule has 2 aromatic rings. The smallest absolute Gasteiger partial charge is 0.319 e. The Morgan fingerprint density at radius 3 is 2.68 bits per heavy atom. The molecule has 1 aliphatic heterocycles. The van der Waals surface area contributed by atoms with Gasteiger partial charge in [0.15, 0.2) is 11.7 Å². The molecule has 1 N–H and O–H groups in total. The van der Waals surface area contributed by atoms with Crippen LogP contribution in [0, 0.1) is 5.92 Å². The molecule has 0 fully saturated rings. The molecule has 128 valence electrons. The minimum absolute atomic E-state index is 0.286. The number of Topliss-reactive ketones (excluding diaryl/α,β-unsaturated/α-hetero) is 1. The Morgan fingerprint density at radius 1 is 1.32 bits per heavy atom. The number of carbonyl (C=O) groups excluding carboxylic acids is 1. The van der Waals surface area contributed by atoms with Crippen molar-refractivity contribution < 1.29 is 14.7 Å². The normalized spacial score (nSPS) is 15.9. The first-order valence-electron chi connectivity index (χ1n) is 8.01. The fourth-order valence-corrected chi connectivity index (χ4v) is 3.26. The van der Waals surface area contributed by atoms with E-state index in [9.17, 15) is 9.59 Å². The molecule has 0 saturated heterocycles. The number of aliphatic imine (C=N–C) groups is 1. The fourth-order valence-electron chi connectivity index (χ4n) is 2.89. The van der Waals surface area contributed by atoms with Crippen LogP contribution in [0.5, 0.6) is 0 Å². The lowest BCUT2D eigenvalue weighted by Crippen LogP contribution is -2.29. The van der Waals surface area contributed by atoms with Crippen LogP contribution in [0.1, 0.15) is 29.8 Å². The molecule has 7 heteroatoms. The maximum atomic E-state index is 12.3. The van der Waals surface area contributed by atoms with E-state index in [1.165, 1.54) is 6.21 Å². The first kappa shape index (κ1) is 17.2. The molecule has 0 aliphatic carbocycles. The molecule has 1 unspecified atom stereocenters. The number of pyridine rings is 1. The highest BCUT2D eigenvalue weighted by molar-refractivity contribution is 7.80. The van der Waals surface area contributed by atoms with Gasteiger partial charge in [-0.3, -0.25) is 19.6 Å². The molecule has 0 spiro atoms. The lowest BCUT2D eigenvalue weighted by Gasteiger charge is -2.22. The van der Waals surface area contributed by atoms with Crippen molar-refractivity contribution >= 4 is 51.8 Å². The molecule has 1 aliphatic rings. The van der Waals surface area contributed by atoms with Crippen molar-refractivity contribution in [3.8, 4) is 0 Å². The molecule has 1 atom stereocenters. The average molecular weight is 355 g/mol. The number of fused-ring (bicyclic) bond motifs is 3. The maximum Gasteiger partial charge on any atom is 0.319 e. The van der Waals surface area contributed by atoms with E-state index in [0.29, 0.717) is 11.2 Å². The second kappa shape index (κ2) is 6.68. The second-order valence-electron chi connectivity index (χ2n) is 5.69. The SMILES string of the molecule is CCN(CC)C(=S)c1cnc2c3c(ccc2c1)C(=O)C(C(=O)O)C=N3. The second-order valence-corrected chi connectivity index (χ2v) is 6.08. The number of ketones is 1. The number of carboxylic acid groups (broad SMARTS) is 1. The third-order valence-electron chi connectivity index (χ3n) is 4.29. The summed E-state index contributed by atoms with van der Waals surface area (Å²) in [7, 11) is 0. The van der Waals surface area contributed by atoms with Crippen molar-refractivity contribution in [1.29, 1.82) is 0 Å². The van der Waals surface area contributed by atoms with Gasteiger partial charge in [0, 0.05) is 42.0 Å². The monoisotopic (exact) mass is 355 g/mol. The molecule has 1 aromatic carbocycles. The van der Waals surface area contributed by atoms with Gasteiger partial charge in [-0.25, -0.2) is 0 Å². The third kappa shape index (κ3) is 2.91. The first-order chi connectivity index (χ1) is 12.0. The van der Waals surface area contributed by atoms with Gasteiger partial charge in [-0.15, -0.1) is 0 Å². The predicted octanol–water partition coefficient (Wildman–Crippen LogP) is 2.85. The minimum atomic E-state index is -1.24. The minimum Gasteiger partial charge on any atom is -0.480 e. The topological polar surface area (TPSA) is 82.9 Å². The van der Waals surface area contributed by atoms with Crippen LogP contribution in [0.25, 0.3) is 10.9 Å². The summed E-state index contributed by atoms with van der Waals surface area (Å²) in [4.78, 5) is 34.9. The number of hydrogen-bond donors (Lipinski definition) is 1. The number of carboxylic acids is 1. The molecule has 0 bridgehead atoms. The van der Waals surface area contributed by atoms with E-state index < -0.39 is 17.7 Å². The van der Waals surface area contributed by atoms with Crippen LogP contribution in [-0.2, 0) is 4.79 Å². The van der Waals surface area contributed by atoms with Crippen LogP contribution in [0.15, 0.2) is 29.4 Å². The predicted molar refractivity (Wildman–Crippen MR) is 100.0 cm³/mol. The maximum absolute atomic E-state index is 12.3. The largest absolute Gasteiger partial charge is 0.480 e. The number of carbonyl (C=O) groups is 2. The van der Waals surface area contributed by atoms with Crippen molar-refractivity contribution in [2.45, 2.75) is 13.8 Å². The van der Waals surface area contributed by atoms with Crippen LogP contribution in [0.3, 0.4) is 0 Å². The standard InChI is InChI=1S/C18H17N3O3S/c1-3-21(4-2)17(25)11-7-10-5-6-12-15(14(10)19-8-11)20-9-13(16(12)22)18(23)24/h5-9,13H,3-4H2,1-2H3,(H,23,24). The van der Waals surface area contributed by atoms with Gasteiger partial charge in [-0.1, -0.05) is 18.3 Å². The summed E-state index contributed by atoms with van der Waals surface area (Å²) >= 11 is 5.52. The average Bonchev–Trinajstić information content (AvgIpc) is 2.61. The van der Waals surface area contributed by atoms with Gasteiger partial charge >= 0.3 is 5.97 Å². The van der Waals surface area contributed by atoms with Crippen molar-refractivity contribution in [1.82, 2.24) is 9.88 Å². The van der Waals surface area contributed by atoms with E-state index in [1.54, 1.807) is 18.3 Å². The number of thiocarbonyl (C=S) groups is 1. The van der Waals surface area contributed by atoms with E-state index in [0.717, 1.165) is 29.0 Å². The molecule has 25 heavy (non-hydrogen) atoms. The molecule has 6 nitrogen and oxygen atoms in total. The highest BCUT2D eigenvalue weighted by Crippen LogP contribution is 2.33. The van der Waals surface area contributed by atoms with Crippen molar-refractivity contribution in [2.75, 3.05) is 13.1 Å². The number of rotatable bonds is 4. The zero-order valence-electron chi connectivity index (χ0n) is 13.9. The Kier molecular flexibility index (Phi) is 4.59. The number of nitrogens with zero attached hydrogens (tertiary/aromatic N) is 3. The van der Waals surface area contributed by atoms with Crippen molar-refractivity contribution in [2.24, 2.45) is 10.9 Å². The molecule has 2 heterocycles. The van der Waals surface area contributed by atoms with E-state index in [4.69, 9.17) is 17.3 Å². The molecule has 0 saturated carbocycles. The fraction of sp³-hybridized carbons (Fsp3) is 0.278. The van der Waals surface area contributed by atoms with Gasteiger partial charge in [0.25, 0.3) is 0 Å². The summed E-state index contributed by atoms with van der Waals surface area (Å²) in [6, 6.07) is 5.29. The van der Waals surface area contributed by atoms with Crippen LogP contribution in [0.4, 0.5) is 5.69 Å². The first-order valence-corrected chi connectivity index (χ1v) is 8.42. The molecule has 0 amide bonds. The van der Waals surface area contributed by atoms with Gasteiger partial charge in [0.1, 0.15) is 4.99 Å². The summed E-state index contributed by atoms with van der Waals surface area (Å²) in [6.45, 7) is 5.71. The Morgan fingerprint density at radius 2 is 2.04 bits per heavy atom. The molecular weight excluding hydrogens is 338 g/mol. The van der Waals surface area contributed by atoms with Crippen LogP contribution in [-0.4, -0.2) is 51.0 Å². The van der Waals surface area contributed by atoms with Gasteiger partial charge < -0.3 is 10.0 Å². The number of benzene rings is 1. The highest BCUT2D eigenvalue weighted by atomic mass is 32.1. The third-order valence-corrected chi connectivity index (χ3v) is 4.78. The number of aromatic nitrogens is 1. The van der Waals surface area contributed by atoms with Crippen molar-refractivity contribution in [3.63, 3.8) is 0 Å². The summed E-state index contributed by atoms with van der Waals surface area (Å²) in [5, 5.41) is 9.91. The quantitative estimate of drug-likeness (QED) is 0.671. The Balaban J connectivity index is 2.07. The highest BCUT2D eigenvalue weighted by Gasteiger charge is 2.31. The Hall–Kier alpha value is -2.67. The lowest BCUT2D eigenvalue weighted by atomic mass is 9.93. The molecular formula is C18H17N3O3S. The van der Waals surface area contributed by atoms with E-state index >= 15 is 0 Å². The van der Waals surface area contributed by atoms with Crippen LogP contribution >= 0.6 is 12.2 Å². The Bertz CT molecular complexity index is 919. The summed E-state index contributed by atoms with van der Waals surface area (Å²) in [6.07, 6.45) is 2.84. The lowest BCUT2D eigenvalue weighted by molar-refractivity contribution is -0.137. The van der Waals surface area contributed by atoms with E-state index in [1.807, 2.05) is 19.9 Å². The van der Waals surface area contributed by atoms with Gasteiger partial charge in [0.2, 0.25) is 0 Å². The number of aliphatic carboxylic acids is 1. The Labute approximate surface area is 150 Å². The zero-order chi connectivity index (χ0) is 18.1. The van der Waals surface area contributed by atoms with Gasteiger partial charge in [-0.2, -0.15) is 0 Å². The van der Waals surface area contributed by atoms with E-state index in [2.05, 4.69) is 14.9 Å². The zero-order valence-corrected chi connectivity index (χ0v) is 14.7. The summed E-state index contributed by atoms with van der Waals surface area (Å²) in [5.74, 6) is -2.91. The van der Waals surface area contributed by atoms with Crippen LogP contribution in [0.2, 0.25) is 0 Å². The molecule has 1 aromatic heterocycles. The summed E-state index contributed by atoms with van der Waals surface area (Å²) in [5.41, 5.74) is 2.10. The van der Waals surface area contributed by atoms with Gasteiger partial charge in [0.05, 0.1) is 11.2 Å². The van der Waals surface area contributed by atoms with Crippen molar-refractivity contribution in [3.05, 3.63) is 35.5 Å². The van der Waals surface area contributed by atoms with Crippen LogP contribution < -0.4 is 0 Å². The molecule has 0 radical (unpaired) electrons. The molecule has 3 rings (SSSR count). The van der Waals surface area contributed by atoms with E-state index in [-0.39, 0.29) is 5.56 Å². The number of hydrogen-bond acceptors (Lipinski definition) is 5. The summed E-state index contributed by atoms with van der Waals surface area (Å²) < 4.78 is 0. The van der Waals surface area contributed by atoms with Gasteiger partial charge in [-0.05, 0) is 26.0 Å².